The van der Waals surface area contributed by atoms with E-state index in [-0.39, 0.29) is 11.5 Å². The SMILES string of the molecule is CN1CCC(CN(C)S(=O)(=O)c2c[nH]c(CO)c2)CC1. The molecule has 1 saturated heterocycles. The van der Waals surface area contributed by atoms with E-state index in [1.165, 1.54) is 16.6 Å². The highest BCUT2D eigenvalue weighted by Crippen LogP contribution is 2.21. The van der Waals surface area contributed by atoms with Crippen molar-refractivity contribution in [3.8, 4) is 0 Å². The highest BCUT2D eigenvalue weighted by Gasteiger charge is 2.26. The lowest BCUT2D eigenvalue weighted by Crippen LogP contribution is -2.37. The van der Waals surface area contributed by atoms with Gasteiger partial charge in [0.2, 0.25) is 10.0 Å². The molecule has 0 spiro atoms. The van der Waals surface area contributed by atoms with E-state index < -0.39 is 10.0 Å². The lowest BCUT2D eigenvalue weighted by molar-refractivity contribution is 0.202. The van der Waals surface area contributed by atoms with Gasteiger partial charge in [0.15, 0.2) is 0 Å². The average Bonchev–Trinajstić information content (AvgIpc) is 2.90. The van der Waals surface area contributed by atoms with Gasteiger partial charge < -0.3 is 15.0 Å². The second kappa shape index (κ2) is 6.26. The molecule has 6 nitrogen and oxygen atoms in total. The Labute approximate surface area is 120 Å². The summed E-state index contributed by atoms with van der Waals surface area (Å²) in [6.07, 6.45) is 3.50. The Balaban J connectivity index is 2.01. The fraction of sp³-hybridized carbons (Fsp3) is 0.692. The van der Waals surface area contributed by atoms with Crippen LogP contribution in [-0.4, -0.2) is 61.4 Å². The summed E-state index contributed by atoms with van der Waals surface area (Å²) in [4.78, 5) is 5.25. The number of H-pyrrole nitrogens is 1. The summed E-state index contributed by atoms with van der Waals surface area (Å²) in [6, 6.07) is 1.49. The molecular weight excluding hydrogens is 278 g/mol. The third-order valence-electron chi connectivity index (χ3n) is 3.95. The quantitative estimate of drug-likeness (QED) is 0.829. The maximum Gasteiger partial charge on any atom is 0.244 e. The molecule has 1 aliphatic rings. The van der Waals surface area contributed by atoms with Crippen molar-refractivity contribution in [2.75, 3.05) is 33.7 Å². The lowest BCUT2D eigenvalue weighted by Gasteiger charge is -2.31. The number of nitrogens with zero attached hydrogens (tertiary/aromatic N) is 2. The Kier molecular flexibility index (Phi) is 4.85. The van der Waals surface area contributed by atoms with Crippen molar-refractivity contribution in [2.24, 2.45) is 5.92 Å². The number of aromatic amines is 1. The fourth-order valence-corrected chi connectivity index (χ4v) is 3.81. The molecule has 0 aromatic carbocycles. The van der Waals surface area contributed by atoms with E-state index in [4.69, 9.17) is 5.11 Å². The monoisotopic (exact) mass is 301 g/mol. The molecule has 0 saturated carbocycles. The lowest BCUT2D eigenvalue weighted by atomic mass is 9.97. The number of hydrogen-bond acceptors (Lipinski definition) is 4. The summed E-state index contributed by atoms with van der Waals surface area (Å²) in [6.45, 7) is 2.42. The van der Waals surface area contributed by atoms with E-state index in [9.17, 15) is 8.42 Å². The molecule has 0 bridgehead atoms. The predicted molar refractivity (Wildman–Crippen MR) is 76.8 cm³/mol. The smallest absolute Gasteiger partial charge is 0.244 e. The first-order valence-electron chi connectivity index (χ1n) is 6.86. The normalized spacial score (nSPS) is 18.8. The molecule has 2 heterocycles. The van der Waals surface area contributed by atoms with Crippen LogP contribution in [0, 0.1) is 5.92 Å². The van der Waals surface area contributed by atoms with Crippen LogP contribution in [-0.2, 0) is 16.6 Å². The Hall–Kier alpha value is -0.890. The number of aromatic nitrogens is 1. The molecule has 2 rings (SSSR count). The van der Waals surface area contributed by atoms with E-state index in [0.29, 0.717) is 18.2 Å². The van der Waals surface area contributed by atoms with Crippen molar-refractivity contribution in [3.05, 3.63) is 18.0 Å². The Bertz CT molecular complexity index is 533. The summed E-state index contributed by atoms with van der Waals surface area (Å²) in [5, 5.41) is 9.00. The highest BCUT2D eigenvalue weighted by atomic mass is 32.2. The molecule has 0 radical (unpaired) electrons. The number of aliphatic hydroxyl groups is 1. The van der Waals surface area contributed by atoms with Crippen molar-refractivity contribution in [1.82, 2.24) is 14.2 Å². The molecule has 1 fully saturated rings. The second-order valence-corrected chi connectivity index (χ2v) is 7.60. The topological polar surface area (TPSA) is 76.6 Å². The van der Waals surface area contributed by atoms with Gasteiger partial charge in [-0.05, 0) is 45.0 Å². The molecule has 0 unspecified atom stereocenters. The zero-order valence-electron chi connectivity index (χ0n) is 12.0. The molecule has 2 N–H and O–H groups in total. The molecule has 1 aliphatic heterocycles. The summed E-state index contributed by atoms with van der Waals surface area (Å²) >= 11 is 0. The number of rotatable bonds is 5. The van der Waals surface area contributed by atoms with Crippen LogP contribution < -0.4 is 0 Å². The summed E-state index contributed by atoms with van der Waals surface area (Å²) in [5.74, 6) is 0.419. The van der Waals surface area contributed by atoms with Crippen LogP contribution >= 0.6 is 0 Å². The molecule has 0 atom stereocenters. The number of hydrogen-bond donors (Lipinski definition) is 2. The van der Waals surface area contributed by atoms with Gasteiger partial charge in [0.05, 0.1) is 11.5 Å². The molecular formula is C13H23N3O3S. The zero-order chi connectivity index (χ0) is 14.8. The number of aliphatic hydroxyl groups excluding tert-OH is 1. The van der Waals surface area contributed by atoms with Crippen LogP contribution in [0.4, 0.5) is 0 Å². The average molecular weight is 301 g/mol. The van der Waals surface area contributed by atoms with E-state index in [2.05, 4.69) is 16.9 Å². The van der Waals surface area contributed by atoms with Gasteiger partial charge in [-0.3, -0.25) is 0 Å². The summed E-state index contributed by atoms with van der Waals surface area (Å²) in [7, 11) is 0.251. The van der Waals surface area contributed by atoms with Crippen LogP contribution in [0.15, 0.2) is 17.2 Å². The molecule has 114 valence electrons. The third-order valence-corrected chi connectivity index (χ3v) is 5.75. The van der Waals surface area contributed by atoms with Crippen LogP contribution in [0.3, 0.4) is 0 Å². The first kappa shape index (κ1) is 15.5. The molecule has 0 amide bonds. The largest absolute Gasteiger partial charge is 0.390 e. The van der Waals surface area contributed by atoms with Crippen molar-refractivity contribution in [1.29, 1.82) is 0 Å². The minimum absolute atomic E-state index is 0.186. The van der Waals surface area contributed by atoms with E-state index in [1.807, 2.05) is 0 Å². The van der Waals surface area contributed by atoms with Gasteiger partial charge in [-0.2, -0.15) is 0 Å². The molecule has 20 heavy (non-hydrogen) atoms. The van der Waals surface area contributed by atoms with Gasteiger partial charge in [0.25, 0.3) is 0 Å². The van der Waals surface area contributed by atoms with Crippen molar-refractivity contribution in [3.63, 3.8) is 0 Å². The van der Waals surface area contributed by atoms with E-state index in [0.717, 1.165) is 25.9 Å². The van der Waals surface area contributed by atoms with E-state index >= 15 is 0 Å². The van der Waals surface area contributed by atoms with Gasteiger partial charge in [-0.15, -0.1) is 0 Å². The number of likely N-dealkylation sites (tertiary alicyclic amines) is 1. The first-order valence-corrected chi connectivity index (χ1v) is 8.30. The van der Waals surface area contributed by atoms with Crippen LogP contribution in [0.2, 0.25) is 0 Å². The maximum absolute atomic E-state index is 12.4. The van der Waals surface area contributed by atoms with Crippen LogP contribution in [0.1, 0.15) is 18.5 Å². The van der Waals surface area contributed by atoms with Crippen LogP contribution in [0.25, 0.3) is 0 Å². The van der Waals surface area contributed by atoms with Crippen LogP contribution in [0.5, 0.6) is 0 Å². The Morgan fingerprint density at radius 2 is 2.10 bits per heavy atom. The molecule has 7 heteroatoms. The first-order chi connectivity index (χ1) is 9.43. The summed E-state index contributed by atoms with van der Waals surface area (Å²) in [5.41, 5.74) is 0.510. The van der Waals surface area contributed by atoms with Crippen molar-refractivity contribution in [2.45, 2.75) is 24.3 Å². The third kappa shape index (κ3) is 3.41. The van der Waals surface area contributed by atoms with Gasteiger partial charge in [-0.25, -0.2) is 12.7 Å². The molecule has 0 aliphatic carbocycles. The predicted octanol–water partition coefficient (Wildman–Crippen LogP) is 0.469. The minimum Gasteiger partial charge on any atom is -0.390 e. The van der Waals surface area contributed by atoms with Gasteiger partial charge in [0.1, 0.15) is 0 Å². The van der Waals surface area contributed by atoms with Gasteiger partial charge >= 0.3 is 0 Å². The minimum atomic E-state index is -3.46. The number of nitrogens with one attached hydrogen (secondary N) is 1. The van der Waals surface area contributed by atoms with Crippen molar-refractivity contribution >= 4 is 10.0 Å². The van der Waals surface area contributed by atoms with Crippen molar-refractivity contribution < 1.29 is 13.5 Å². The fourth-order valence-electron chi connectivity index (χ4n) is 2.55. The standard InChI is InChI=1S/C13H23N3O3S/c1-15-5-3-11(4-6-15)9-16(2)20(18,19)13-7-12(10-17)14-8-13/h7-8,11,14,17H,3-6,9-10H2,1-2H3. The Morgan fingerprint density at radius 3 is 2.65 bits per heavy atom. The second-order valence-electron chi connectivity index (χ2n) is 5.55. The molecule has 1 aromatic heterocycles. The number of piperidine rings is 1. The molecule has 1 aromatic rings. The zero-order valence-corrected chi connectivity index (χ0v) is 12.9. The number of sulfonamides is 1. The Morgan fingerprint density at radius 1 is 1.45 bits per heavy atom. The van der Waals surface area contributed by atoms with Gasteiger partial charge in [0, 0.05) is 25.5 Å². The maximum atomic E-state index is 12.4. The summed E-state index contributed by atoms with van der Waals surface area (Å²) < 4.78 is 26.3. The van der Waals surface area contributed by atoms with Gasteiger partial charge in [-0.1, -0.05) is 0 Å². The van der Waals surface area contributed by atoms with E-state index in [1.54, 1.807) is 7.05 Å². The highest BCUT2D eigenvalue weighted by molar-refractivity contribution is 7.89.